The average Bonchev–Trinajstić information content (AvgIpc) is 2.78. The maximum atomic E-state index is 12.0. The molecule has 0 bridgehead atoms. The topological polar surface area (TPSA) is 173 Å². The number of aromatic nitrogens is 1. The molecule has 0 spiro atoms. The molecule has 0 radical (unpaired) electrons. The molecule has 1 rings (SSSR count). The summed E-state index contributed by atoms with van der Waals surface area (Å²) in [4.78, 5) is 41.9. The second kappa shape index (κ2) is 8.68. The molecule has 11 heteroatoms. The summed E-state index contributed by atoms with van der Waals surface area (Å²) >= 11 is 1.04. The van der Waals surface area contributed by atoms with Gasteiger partial charge in [-0.3, -0.25) is 14.4 Å². The summed E-state index contributed by atoms with van der Waals surface area (Å²) in [5.74, 6) is -1.86. The monoisotopic (exact) mass is 342 g/mol. The lowest BCUT2D eigenvalue weighted by molar-refractivity contribution is -0.136. The Morgan fingerprint density at radius 1 is 1.22 bits per heavy atom. The highest BCUT2D eigenvalue weighted by molar-refractivity contribution is 7.17. The van der Waals surface area contributed by atoms with E-state index in [1.807, 2.05) is 0 Å². The van der Waals surface area contributed by atoms with Crippen LogP contribution in [-0.2, 0) is 9.59 Å². The van der Waals surface area contributed by atoms with Gasteiger partial charge in [-0.05, 0) is 6.92 Å². The zero-order valence-corrected chi connectivity index (χ0v) is 13.3. The van der Waals surface area contributed by atoms with Crippen molar-refractivity contribution in [2.24, 2.45) is 16.5 Å². The summed E-state index contributed by atoms with van der Waals surface area (Å²) in [6, 6.07) is 0. The second-order valence-electron chi connectivity index (χ2n) is 4.45. The number of aliphatic imine (C=N–C) groups is 1. The van der Waals surface area contributed by atoms with Crippen LogP contribution in [-0.4, -0.2) is 46.9 Å². The minimum Gasteiger partial charge on any atom is -0.481 e. The molecular formula is C12H18N6O4S. The molecule has 2 amide bonds. The van der Waals surface area contributed by atoms with Gasteiger partial charge in [-0.15, -0.1) is 0 Å². The van der Waals surface area contributed by atoms with E-state index in [0.717, 1.165) is 11.3 Å². The third-order valence-corrected chi connectivity index (χ3v) is 3.57. The predicted octanol–water partition coefficient (Wildman–Crippen LogP) is -0.933. The van der Waals surface area contributed by atoms with E-state index in [1.165, 1.54) is 0 Å². The molecule has 0 saturated carbocycles. The largest absolute Gasteiger partial charge is 0.481 e. The number of thiazole rings is 1. The Morgan fingerprint density at radius 3 is 2.48 bits per heavy atom. The summed E-state index contributed by atoms with van der Waals surface area (Å²) in [6.07, 6.45) is -0.101. The van der Waals surface area contributed by atoms with E-state index in [2.05, 4.69) is 20.6 Å². The van der Waals surface area contributed by atoms with Crippen molar-refractivity contribution in [1.29, 1.82) is 0 Å². The highest BCUT2D eigenvalue weighted by atomic mass is 32.1. The molecule has 0 aliphatic rings. The van der Waals surface area contributed by atoms with E-state index in [1.54, 1.807) is 6.92 Å². The van der Waals surface area contributed by atoms with Crippen LogP contribution in [0.5, 0.6) is 0 Å². The van der Waals surface area contributed by atoms with Gasteiger partial charge in [-0.25, -0.2) is 4.98 Å². The fourth-order valence-electron chi connectivity index (χ4n) is 1.52. The first-order valence-electron chi connectivity index (χ1n) is 6.63. The SMILES string of the molecule is Cc1nc(N=C(N)N)sc1C(=O)NCCC(=O)NCCC(=O)O. The van der Waals surface area contributed by atoms with Crippen LogP contribution >= 0.6 is 11.3 Å². The van der Waals surface area contributed by atoms with Crippen molar-refractivity contribution in [2.75, 3.05) is 13.1 Å². The van der Waals surface area contributed by atoms with Crippen molar-refractivity contribution in [1.82, 2.24) is 15.6 Å². The first kappa shape index (κ1) is 18.4. The number of carbonyl (C=O) groups is 3. The molecule has 0 aromatic carbocycles. The van der Waals surface area contributed by atoms with Crippen LogP contribution in [0.25, 0.3) is 0 Å². The smallest absolute Gasteiger partial charge is 0.305 e. The van der Waals surface area contributed by atoms with Gasteiger partial charge in [0.1, 0.15) is 4.88 Å². The van der Waals surface area contributed by atoms with Crippen LogP contribution in [0.1, 0.15) is 28.2 Å². The Bertz CT molecular complexity index is 623. The van der Waals surface area contributed by atoms with Crippen molar-refractivity contribution in [3.63, 3.8) is 0 Å². The van der Waals surface area contributed by atoms with Gasteiger partial charge in [0.05, 0.1) is 12.1 Å². The fraction of sp³-hybridized carbons (Fsp3) is 0.417. The first-order chi connectivity index (χ1) is 10.8. The normalized spacial score (nSPS) is 9.96. The fourth-order valence-corrected chi connectivity index (χ4v) is 2.39. The Morgan fingerprint density at radius 2 is 1.87 bits per heavy atom. The zero-order chi connectivity index (χ0) is 17.4. The van der Waals surface area contributed by atoms with Gasteiger partial charge in [0.2, 0.25) is 11.0 Å². The number of carboxylic acid groups (broad SMARTS) is 1. The van der Waals surface area contributed by atoms with E-state index < -0.39 is 5.97 Å². The zero-order valence-electron chi connectivity index (χ0n) is 12.5. The van der Waals surface area contributed by atoms with E-state index in [9.17, 15) is 14.4 Å². The quantitative estimate of drug-likeness (QED) is 0.299. The van der Waals surface area contributed by atoms with E-state index in [4.69, 9.17) is 16.6 Å². The Balaban J connectivity index is 2.42. The summed E-state index contributed by atoms with van der Waals surface area (Å²) in [5.41, 5.74) is 11.0. The number of nitrogens with one attached hydrogen (secondary N) is 2. The molecule has 23 heavy (non-hydrogen) atoms. The summed E-state index contributed by atoms with van der Waals surface area (Å²) < 4.78 is 0. The molecule has 10 nitrogen and oxygen atoms in total. The number of carbonyl (C=O) groups excluding carboxylic acids is 2. The molecule has 7 N–H and O–H groups in total. The van der Waals surface area contributed by atoms with Crippen molar-refractivity contribution in [3.8, 4) is 0 Å². The molecule has 1 heterocycles. The first-order valence-corrected chi connectivity index (χ1v) is 7.45. The van der Waals surface area contributed by atoms with Gasteiger partial charge in [0.25, 0.3) is 5.91 Å². The maximum absolute atomic E-state index is 12.0. The lowest BCUT2D eigenvalue weighted by atomic mass is 10.3. The second-order valence-corrected chi connectivity index (χ2v) is 5.42. The number of hydrogen-bond acceptors (Lipinski definition) is 6. The maximum Gasteiger partial charge on any atom is 0.305 e. The number of aliphatic carboxylic acids is 1. The molecule has 0 fully saturated rings. The third kappa shape index (κ3) is 6.74. The average molecular weight is 342 g/mol. The summed E-state index contributed by atoms with van der Waals surface area (Å²) in [7, 11) is 0. The number of aryl methyl sites for hydroxylation is 1. The number of carboxylic acids is 1. The van der Waals surface area contributed by atoms with Crippen molar-refractivity contribution in [3.05, 3.63) is 10.6 Å². The van der Waals surface area contributed by atoms with Crippen molar-refractivity contribution < 1.29 is 19.5 Å². The van der Waals surface area contributed by atoms with E-state index in [-0.39, 0.29) is 48.8 Å². The number of nitrogens with zero attached hydrogens (tertiary/aromatic N) is 2. The standard InChI is InChI=1S/C12H18N6O4S/c1-6-9(23-12(17-6)18-11(13)14)10(22)16-4-2-7(19)15-5-3-8(20)21/h2-5H2,1H3,(H,15,19)(H,16,22)(H,20,21)(H4,13,14,17,18). The van der Waals surface area contributed by atoms with Crippen molar-refractivity contribution in [2.45, 2.75) is 19.8 Å². The molecular weight excluding hydrogens is 324 g/mol. The number of rotatable bonds is 8. The molecule has 0 aliphatic carbocycles. The van der Waals surface area contributed by atoms with Crippen LogP contribution in [0.2, 0.25) is 0 Å². The van der Waals surface area contributed by atoms with Gasteiger partial charge in [0.15, 0.2) is 5.96 Å². The van der Waals surface area contributed by atoms with Gasteiger partial charge in [-0.1, -0.05) is 11.3 Å². The molecule has 0 aliphatic heterocycles. The van der Waals surface area contributed by atoms with Gasteiger partial charge in [-0.2, -0.15) is 4.99 Å². The van der Waals surface area contributed by atoms with Crippen LogP contribution in [0.3, 0.4) is 0 Å². The minimum absolute atomic E-state index is 0.0456. The third-order valence-electron chi connectivity index (χ3n) is 2.51. The number of amides is 2. The Hall–Kier alpha value is -2.69. The lowest BCUT2D eigenvalue weighted by Gasteiger charge is -2.05. The molecule has 126 valence electrons. The molecule has 1 aromatic rings. The van der Waals surface area contributed by atoms with Crippen LogP contribution in [0.15, 0.2) is 4.99 Å². The van der Waals surface area contributed by atoms with Crippen LogP contribution in [0, 0.1) is 6.92 Å². The molecule has 0 saturated heterocycles. The summed E-state index contributed by atoms with van der Waals surface area (Å²) in [6.45, 7) is 1.82. The van der Waals surface area contributed by atoms with Crippen molar-refractivity contribution >= 4 is 40.2 Å². The molecule has 0 unspecified atom stereocenters. The Kier molecular flexibility index (Phi) is 6.93. The predicted molar refractivity (Wildman–Crippen MR) is 84.5 cm³/mol. The minimum atomic E-state index is -0.990. The number of guanidine groups is 1. The molecule has 1 aromatic heterocycles. The highest BCUT2D eigenvalue weighted by Crippen LogP contribution is 2.24. The number of hydrogen-bond donors (Lipinski definition) is 5. The van der Waals surface area contributed by atoms with Gasteiger partial charge in [0, 0.05) is 19.5 Å². The highest BCUT2D eigenvalue weighted by Gasteiger charge is 2.15. The van der Waals surface area contributed by atoms with Crippen LogP contribution < -0.4 is 22.1 Å². The van der Waals surface area contributed by atoms with E-state index >= 15 is 0 Å². The van der Waals surface area contributed by atoms with Gasteiger partial charge >= 0.3 is 5.97 Å². The van der Waals surface area contributed by atoms with Gasteiger partial charge < -0.3 is 27.2 Å². The van der Waals surface area contributed by atoms with Crippen LogP contribution in [0.4, 0.5) is 5.13 Å². The summed E-state index contributed by atoms with van der Waals surface area (Å²) in [5, 5.41) is 13.7. The lowest BCUT2D eigenvalue weighted by Crippen LogP contribution is -2.31. The Labute approximate surface area is 136 Å². The molecule has 0 atom stereocenters. The van der Waals surface area contributed by atoms with E-state index in [0.29, 0.717) is 10.6 Å². The number of nitrogens with two attached hydrogens (primary N) is 2.